The minimum absolute atomic E-state index is 0.661. The van der Waals surface area contributed by atoms with Crippen LogP contribution in [0.1, 0.15) is 13.8 Å². The summed E-state index contributed by atoms with van der Waals surface area (Å²) in [4.78, 5) is 3.67. The second kappa shape index (κ2) is 7.23. The lowest BCUT2D eigenvalue weighted by atomic mass is 10.3. The van der Waals surface area contributed by atoms with Crippen molar-refractivity contribution in [2.24, 2.45) is 4.99 Å². The number of nitrogens with one attached hydrogen (secondary N) is 1. The van der Waals surface area contributed by atoms with E-state index in [0.29, 0.717) is 6.54 Å². The van der Waals surface area contributed by atoms with E-state index in [2.05, 4.69) is 10.3 Å². The van der Waals surface area contributed by atoms with Gasteiger partial charge in [0.1, 0.15) is 0 Å². The first-order chi connectivity index (χ1) is 6.98. The Labute approximate surface area is 87.6 Å². The molecule has 0 atom stereocenters. The van der Waals surface area contributed by atoms with Gasteiger partial charge < -0.3 is 5.32 Å². The highest BCUT2D eigenvalue weighted by Gasteiger charge is 2.29. The van der Waals surface area contributed by atoms with E-state index < -0.39 is 11.7 Å². The lowest BCUT2D eigenvalue weighted by Crippen LogP contribution is -2.11. The molecule has 0 aromatic heterocycles. The van der Waals surface area contributed by atoms with Crippen molar-refractivity contribution in [3.8, 4) is 0 Å². The van der Waals surface area contributed by atoms with E-state index in [1.807, 2.05) is 6.92 Å². The summed E-state index contributed by atoms with van der Waals surface area (Å²) in [6, 6.07) is 0. The fourth-order valence-electron chi connectivity index (χ4n) is 0.640. The number of hydrogen-bond acceptors (Lipinski definition) is 2. The van der Waals surface area contributed by atoms with E-state index in [9.17, 15) is 13.2 Å². The van der Waals surface area contributed by atoms with Crippen molar-refractivity contribution < 1.29 is 13.2 Å². The zero-order valence-corrected chi connectivity index (χ0v) is 8.80. The average molecular weight is 220 g/mol. The third kappa shape index (κ3) is 7.93. The minimum Gasteiger partial charge on any atom is -0.313 e. The molecule has 0 aromatic carbocycles. The van der Waals surface area contributed by atoms with Crippen molar-refractivity contribution in [3.63, 3.8) is 0 Å². The molecule has 0 bridgehead atoms. The van der Waals surface area contributed by atoms with Gasteiger partial charge in [-0.05, 0) is 19.5 Å². The number of hydrogen-bond donors (Lipinski definition) is 1. The molecule has 0 heterocycles. The van der Waals surface area contributed by atoms with Gasteiger partial charge in [0.15, 0.2) is 0 Å². The lowest BCUT2D eigenvalue weighted by molar-refractivity contribution is -0.0911. The van der Waals surface area contributed by atoms with Gasteiger partial charge >= 0.3 is 6.18 Å². The van der Waals surface area contributed by atoms with Crippen LogP contribution >= 0.6 is 0 Å². The molecule has 0 saturated heterocycles. The number of rotatable bonds is 5. The molecule has 0 spiro atoms. The summed E-state index contributed by atoms with van der Waals surface area (Å²) in [6.45, 7) is 4.48. The summed E-state index contributed by atoms with van der Waals surface area (Å²) in [5.41, 5.74) is -0.661. The van der Waals surface area contributed by atoms with Crippen molar-refractivity contribution in [2.75, 3.05) is 13.1 Å². The van der Waals surface area contributed by atoms with Crippen molar-refractivity contribution >= 4 is 6.21 Å². The molecule has 0 unspecified atom stereocenters. The fourth-order valence-corrected chi connectivity index (χ4v) is 0.640. The summed E-state index contributed by atoms with van der Waals surface area (Å²) >= 11 is 0. The number of likely N-dealkylation sites (N-methyl/N-ethyl adjacent to an activating group) is 1. The molecule has 0 radical (unpaired) electrons. The van der Waals surface area contributed by atoms with Crippen LogP contribution in [0, 0.1) is 0 Å². The van der Waals surface area contributed by atoms with Gasteiger partial charge in [-0.15, -0.1) is 0 Å². The van der Waals surface area contributed by atoms with Crippen LogP contribution < -0.4 is 5.32 Å². The first-order valence-electron chi connectivity index (χ1n) is 4.61. The van der Waals surface area contributed by atoms with Crippen LogP contribution in [-0.4, -0.2) is 25.5 Å². The third-order valence-corrected chi connectivity index (χ3v) is 1.56. The molecular weight excluding hydrogens is 205 g/mol. The van der Waals surface area contributed by atoms with Crippen LogP contribution in [0.4, 0.5) is 13.2 Å². The van der Waals surface area contributed by atoms with Gasteiger partial charge in [0, 0.05) is 24.5 Å². The predicted octanol–water partition coefficient (Wildman–Crippen LogP) is 2.69. The lowest BCUT2D eigenvalue weighted by Gasteiger charge is -2.03. The van der Waals surface area contributed by atoms with E-state index >= 15 is 0 Å². The molecule has 5 heteroatoms. The van der Waals surface area contributed by atoms with Crippen LogP contribution in [-0.2, 0) is 0 Å². The summed E-state index contributed by atoms with van der Waals surface area (Å²) in [6.07, 6.45) is 1.00. The van der Waals surface area contributed by atoms with Crippen LogP contribution in [0.25, 0.3) is 0 Å². The normalized spacial score (nSPS) is 14.3. The molecule has 0 aliphatic carbocycles. The Bertz CT molecular complexity index is 252. The van der Waals surface area contributed by atoms with Crippen LogP contribution in [0.5, 0.6) is 0 Å². The summed E-state index contributed by atoms with van der Waals surface area (Å²) in [7, 11) is 0. The van der Waals surface area contributed by atoms with Crippen molar-refractivity contribution in [1.82, 2.24) is 5.32 Å². The zero-order valence-electron chi connectivity index (χ0n) is 8.80. The Morgan fingerprint density at radius 1 is 1.40 bits per heavy atom. The van der Waals surface area contributed by atoms with E-state index in [-0.39, 0.29) is 0 Å². The largest absolute Gasteiger partial charge is 0.412 e. The topological polar surface area (TPSA) is 24.4 Å². The first-order valence-corrected chi connectivity index (χ1v) is 4.61. The molecule has 0 saturated carbocycles. The van der Waals surface area contributed by atoms with E-state index in [1.165, 1.54) is 6.20 Å². The number of alkyl halides is 3. The van der Waals surface area contributed by atoms with E-state index in [4.69, 9.17) is 0 Å². The highest BCUT2D eigenvalue weighted by atomic mass is 19.4. The Kier molecular flexibility index (Phi) is 6.70. The molecular formula is C10H15F3N2. The maximum Gasteiger partial charge on any atom is 0.412 e. The monoisotopic (exact) mass is 220 g/mol. The quantitative estimate of drug-likeness (QED) is 0.559. The second-order valence-corrected chi connectivity index (χ2v) is 2.84. The van der Waals surface area contributed by atoms with Crippen molar-refractivity contribution in [1.29, 1.82) is 0 Å². The van der Waals surface area contributed by atoms with Gasteiger partial charge in [-0.2, -0.15) is 13.2 Å². The minimum atomic E-state index is -4.26. The molecule has 0 aliphatic heterocycles. The number of allylic oxidation sites excluding steroid dienone is 2. The van der Waals surface area contributed by atoms with Crippen molar-refractivity contribution in [2.45, 2.75) is 20.0 Å². The fraction of sp³-hybridized carbons (Fsp3) is 0.500. The van der Waals surface area contributed by atoms with Gasteiger partial charge in [-0.1, -0.05) is 13.0 Å². The number of nitrogens with zero attached hydrogens (tertiary/aromatic N) is 1. The summed E-state index contributed by atoms with van der Waals surface area (Å²) < 4.78 is 35.9. The number of aliphatic imine (C=N–C) groups is 1. The second-order valence-electron chi connectivity index (χ2n) is 2.84. The molecule has 86 valence electrons. The SMILES string of the molecule is CCNC/C=C/N=C/C=C(\C)C(F)(F)F. The summed E-state index contributed by atoms with van der Waals surface area (Å²) in [5, 5.41) is 3.02. The van der Waals surface area contributed by atoms with Gasteiger partial charge in [0.2, 0.25) is 0 Å². The predicted molar refractivity (Wildman–Crippen MR) is 56.0 cm³/mol. The van der Waals surface area contributed by atoms with Gasteiger partial charge in [-0.3, -0.25) is 4.99 Å². The smallest absolute Gasteiger partial charge is 0.313 e. The Balaban J connectivity index is 3.94. The van der Waals surface area contributed by atoms with Crippen LogP contribution in [0.3, 0.4) is 0 Å². The molecule has 0 fully saturated rings. The van der Waals surface area contributed by atoms with Gasteiger partial charge in [0.25, 0.3) is 0 Å². The van der Waals surface area contributed by atoms with Gasteiger partial charge in [0.05, 0.1) is 0 Å². The maximum absolute atomic E-state index is 12.0. The maximum atomic E-state index is 12.0. The molecule has 0 aliphatic rings. The van der Waals surface area contributed by atoms with Crippen molar-refractivity contribution in [3.05, 3.63) is 23.9 Å². The molecule has 2 nitrogen and oxygen atoms in total. The highest BCUT2D eigenvalue weighted by molar-refractivity contribution is 5.72. The molecule has 0 aromatic rings. The van der Waals surface area contributed by atoms with Crippen LogP contribution in [0.2, 0.25) is 0 Å². The van der Waals surface area contributed by atoms with E-state index in [0.717, 1.165) is 25.8 Å². The van der Waals surface area contributed by atoms with Gasteiger partial charge in [-0.25, -0.2) is 0 Å². The number of halogens is 3. The third-order valence-electron chi connectivity index (χ3n) is 1.56. The summed E-state index contributed by atoms with van der Waals surface area (Å²) in [5.74, 6) is 0. The zero-order chi connectivity index (χ0) is 11.7. The molecule has 1 N–H and O–H groups in total. The Morgan fingerprint density at radius 2 is 2.07 bits per heavy atom. The average Bonchev–Trinajstić information content (AvgIpc) is 2.14. The highest BCUT2D eigenvalue weighted by Crippen LogP contribution is 2.23. The molecule has 0 rings (SSSR count). The first kappa shape index (κ1) is 13.9. The Morgan fingerprint density at radius 3 is 2.60 bits per heavy atom. The van der Waals surface area contributed by atoms with Crippen LogP contribution in [0.15, 0.2) is 28.9 Å². The van der Waals surface area contributed by atoms with E-state index in [1.54, 1.807) is 6.08 Å². The molecule has 0 amide bonds. The standard InChI is InChI=1S/C10H15F3N2/c1-3-14-6-4-7-15-8-5-9(2)10(11,12)13/h4-5,7-8,14H,3,6H2,1-2H3/b7-4+,9-5+,15-8+. The molecule has 15 heavy (non-hydrogen) atoms. The Hall–Kier alpha value is -1.10.